The second kappa shape index (κ2) is 4.37. The maximum Gasteiger partial charge on any atom is 0.118 e. The normalized spacial score (nSPS) is 17.7. The quantitative estimate of drug-likeness (QED) is 0.759. The predicted octanol–water partition coefficient (Wildman–Crippen LogP) is 3.56. The summed E-state index contributed by atoms with van der Waals surface area (Å²) in [5, 5.41) is 0. The van der Waals surface area contributed by atoms with Crippen molar-refractivity contribution in [2.24, 2.45) is 0 Å². The number of methoxy groups -OCH3 is 1. The number of ether oxygens (including phenoxy) is 1. The lowest BCUT2D eigenvalue weighted by Crippen LogP contribution is -1.94. The van der Waals surface area contributed by atoms with Crippen LogP contribution < -0.4 is 9.64 Å². The average Bonchev–Trinajstić information content (AvgIpc) is 3.20. The van der Waals surface area contributed by atoms with Crippen LogP contribution in [-0.4, -0.2) is 13.7 Å². The van der Waals surface area contributed by atoms with Crippen molar-refractivity contribution in [2.75, 3.05) is 18.6 Å². The van der Waals surface area contributed by atoms with Crippen LogP contribution in [0.1, 0.15) is 17.2 Å². The smallest absolute Gasteiger partial charge is 0.118 e. The number of hydrogen-bond donors (Lipinski definition) is 0. The molecule has 1 unspecified atom stereocenters. The lowest BCUT2D eigenvalue weighted by molar-refractivity contribution is 0.414. The first-order chi connectivity index (χ1) is 8.78. The van der Waals surface area contributed by atoms with Crippen molar-refractivity contribution >= 4 is 5.69 Å². The second-order valence-electron chi connectivity index (χ2n) is 4.78. The minimum atomic E-state index is 0.526. The van der Waals surface area contributed by atoms with Crippen LogP contribution >= 0.6 is 0 Å². The molecule has 92 valence electrons. The first-order valence-corrected chi connectivity index (χ1v) is 6.25. The van der Waals surface area contributed by atoms with E-state index in [9.17, 15) is 0 Å². The standard InChI is InChI=1S/C16H17NO/c1-12-3-7-14(8-4-12)17-11-16(17)13-5-9-15(18-2)10-6-13/h3-10,16H,11H2,1-2H3. The van der Waals surface area contributed by atoms with Crippen LogP contribution in [0, 0.1) is 6.92 Å². The van der Waals surface area contributed by atoms with Crippen LogP contribution in [0.3, 0.4) is 0 Å². The van der Waals surface area contributed by atoms with Crippen LogP contribution in [0.5, 0.6) is 5.75 Å². The second-order valence-corrected chi connectivity index (χ2v) is 4.78. The Morgan fingerprint density at radius 2 is 1.67 bits per heavy atom. The van der Waals surface area contributed by atoms with Gasteiger partial charge in [-0.15, -0.1) is 0 Å². The fourth-order valence-electron chi connectivity index (χ4n) is 2.27. The van der Waals surface area contributed by atoms with Crippen molar-refractivity contribution in [3.8, 4) is 5.75 Å². The minimum absolute atomic E-state index is 0.526. The number of aryl methyl sites for hydroxylation is 1. The highest BCUT2D eigenvalue weighted by atomic mass is 16.5. The van der Waals surface area contributed by atoms with Gasteiger partial charge in [0.15, 0.2) is 0 Å². The lowest BCUT2D eigenvalue weighted by atomic mass is 10.1. The molecule has 2 heteroatoms. The van der Waals surface area contributed by atoms with Crippen molar-refractivity contribution in [3.05, 3.63) is 59.7 Å². The van der Waals surface area contributed by atoms with Crippen molar-refractivity contribution in [2.45, 2.75) is 13.0 Å². The van der Waals surface area contributed by atoms with Crippen LogP contribution in [0.4, 0.5) is 5.69 Å². The van der Waals surface area contributed by atoms with Gasteiger partial charge in [-0.1, -0.05) is 29.8 Å². The Kier molecular flexibility index (Phi) is 2.71. The van der Waals surface area contributed by atoms with E-state index in [2.05, 4.69) is 48.2 Å². The third-order valence-corrected chi connectivity index (χ3v) is 3.48. The summed E-state index contributed by atoms with van der Waals surface area (Å²) < 4.78 is 5.18. The highest BCUT2D eigenvalue weighted by molar-refractivity contribution is 5.57. The highest BCUT2D eigenvalue weighted by Crippen LogP contribution is 2.39. The van der Waals surface area contributed by atoms with E-state index < -0.39 is 0 Å². The molecule has 0 amide bonds. The van der Waals surface area contributed by atoms with Gasteiger partial charge in [-0.25, -0.2) is 0 Å². The van der Waals surface area contributed by atoms with Gasteiger partial charge in [0.2, 0.25) is 0 Å². The van der Waals surface area contributed by atoms with E-state index in [0.717, 1.165) is 12.3 Å². The molecule has 0 aliphatic carbocycles. The van der Waals surface area contributed by atoms with Gasteiger partial charge in [0.25, 0.3) is 0 Å². The minimum Gasteiger partial charge on any atom is -0.497 e. The van der Waals surface area contributed by atoms with Crippen LogP contribution in [-0.2, 0) is 0 Å². The zero-order valence-electron chi connectivity index (χ0n) is 10.8. The summed E-state index contributed by atoms with van der Waals surface area (Å²) in [6.45, 7) is 3.22. The van der Waals surface area contributed by atoms with Gasteiger partial charge in [-0.05, 0) is 36.8 Å². The van der Waals surface area contributed by atoms with Gasteiger partial charge < -0.3 is 9.64 Å². The summed E-state index contributed by atoms with van der Waals surface area (Å²) in [6.07, 6.45) is 0. The number of anilines is 1. The van der Waals surface area contributed by atoms with E-state index in [0.29, 0.717) is 6.04 Å². The van der Waals surface area contributed by atoms with E-state index in [1.807, 2.05) is 12.1 Å². The maximum absolute atomic E-state index is 5.18. The van der Waals surface area contributed by atoms with Gasteiger partial charge in [-0.3, -0.25) is 0 Å². The number of rotatable bonds is 3. The fourth-order valence-corrected chi connectivity index (χ4v) is 2.27. The Bertz CT molecular complexity index is 530. The van der Waals surface area contributed by atoms with E-state index in [1.165, 1.54) is 16.8 Å². The van der Waals surface area contributed by atoms with Crippen molar-refractivity contribution < 1.29 is 4.74 Å². The molecule has 0 saturated carbocycles. The monoisotopic (exact) mass is 239 g/mol. The molecule has 0 N–H and O–H groups in total. The molecular weight excluding hydrogens is 222 g/mol. The van der Waals surface area contributed by atoms with E-state index >= 15 is 0 Å². The van der Waals surface area contributed by atoms with Gasteiger partial charge in [0.05, 0.1) is 13.2 Å². The molecule has 0 radical (unpaired) electrons. The van der Waals surface area contributed by atoms with E-state index in [1.54, 1.807) is 7.11 Å². The molecule has 2 nitrogen and oxygen atoms in total. The van der Waals surface area contributed by atoms with Gasteiger partial charge in [0, 0.05) is 12.2 Å². The fraction of sp³-hybridized carbons (Fsp3) is 0.250. The summed E-state index contributed by atoms with van der Waals surface area (Å²) in [4.78, 5) is 2.40. The molecule has 0 aromatic heterocycles. The van der Waals surface area contributed by atoms with Crippen LogP contribution in [0.25, 0.3) is 0 Å². The Hall–Kier alpha value is -1.96. The molecule has 1 saturated heterocycles. The third kappa shape index (κ3) is 2.06. The van der Waals surface area contributed by atoms with Gasteiger partial charge in [0.1, 0.15) is 5.75 Å². The molecule has 1 aliphatic heterocycles. The number of hydrogen-bond acceptors (Lipinski definition) is 2. The Morgan fingerprint density at radius 1 is 1.00 bits per heavy atom. The van der Waals surface area contributed by atoms with Gasteiger partial charge >= 0.3 is 0 Å². The molecule has 2 aromatic carbocycles. The molecule has 2 aromatic rings. The zero-order chi connectivity index (χ0) is 12.5. The molecule has 1 aliphatic rings. The van der Waals surface area contributed by atoms with Crippen molar-refractivity contribution in [1.82, 2.24) is 0 Å². The Morgan fingerprint density at radius 3 is 2.28 bits per heavy atom. The topological polar surface area (TPSA) is 12.2 Å². The molecule has 0 spiro atoms. The number of benzene rings is 2. The van der Waals surface area contributed by atoms with Crippen molar-refractivity contribution in [1.29, 1.82) is 0 Å². The first-order valence-electron chi connectivity index (χ1n) is 6.25. The maximum atomic E-state index is 5.18. The molecular formula is C16H17NO. The largest absolute Gasteiger partial charge is 0.497 e. The SMILES string of the molecule is COc1ccc(C2CN2c2ccc(C)cc2)cc1. The van der Waals surface area contributed by atoms with Crippen LogP contribution in [0.15, 0.2) is 48.5 Å². The molecule has 0 bridgehead atoms. The lowest BCUT2D eigenvalue weighted by Gasteiger charge is -2.07. The molecule has 1 heterocycles. The predicted molar refractivity (Wildman–Crippen MR) is 74.3 cm³/mol. The molecule has 1 fully saturated rings. The summed E-state index contributed by atoms with van der Waals surface area (Å²) >= 11 is 0. The summed E-state index contributed by atoms with van der Waals surface area (Å²) in [7, 11) is 1.70. The summed E-state index contributed by atoms with van der Waals surface area (Å²) in [5.41, 5.74) is 3.97. The summed E-state index contributed by atoms with van der Waals surface area (Å²) in [5.74, 6) is 0.918. The zero-order valence-corrected chi connectivity index (χ0v) is 10.8. The summed E-state index contributed by atoms with van der Waals surface area (Å²) in [6, 6.07) is 17.6. The Labute approximate surface area is 108 Å². The van der Waals surface area contributed by atoms with E-state index in [4.69, 9.17) is 4.74 Å². The van der Waals surface area contributed by atoms with Crippen LogP contribution in [0.2, 0.25) is 0 Å². The molecule has 1 atom stereocenters. The van der Waals surface area contributed by atoms with Gasteiger partial charge in [-0.2, -0.15) is 0 Å². The Balaban J connectivity index is 1.74. The number of nitrogens with zero attached hydrogens (tertiary/aromatic N) is 1. The third-order valence-electron chi connectivity index (χ3n) is 3.48. The average molecular weight is 239 g/mol. The van der Waals surface area contributed by atoms with E-state index in [-0.39, 0.29) is 0 Å². The highest BCUT2D eigenvalue weighted by Gasteiger charge is 2.35. The molecule has 18 heavy (non-hydrogen) atoms. The molecule has 3 rings (SSSR count). The van der Waals surface area contributed by atoms with Crippen molar-refractivity contribution in [3.63, 3.8) is 0 Å². The first kappa shape index (κ1) is 11.1.